The molecule has 2 heterocycles. The molecule has 0 spiro atoms. The molecule has 9 nitrogen and oxygen atoms in total. The van der Waals surface area contributed by atoms with E-state index in [0.29, 0.717) is 34.9 Å². The van der Waals surface area contributed by atoms with E-state index in [1.165, 1.54) is 16.6 Å². The number of nitrogens with two attached hydrogens (primary N) is 1. The Kier molecular flexibility index (Phi) is 4.86. The lowest BCUT2D eigenvalue weighted by Gasteiger charge is -2.15. The second-order valence-electron chi connectivity index (χ2n) is 6.93. The normalized spacial score (nSPS) is 12.9. The molecule has 0 bridgehead atoms. The molecule has 1 amide bonds. The van der Waals surface area contributed by atoms with Gasteiger partial charge in [-0.05, 0) is 30.7 Å². The Bertz CT molecular complexity index is 1380. The van der Waals surface area contributed by atoms with Crippen LogP contribution in [0.15, 0.2) is 53.4 Å². The van der Waals surface area contributed by atoms with Crippen molar-refractivity contribution in [2.75, 3.05) is 11.6 Å². The van der Waals surface area contributed by atoms with E-state index >= 15 is 0 Å². The first-order chi connectivity index (χ1) is 14.3. The van der Waals surface area contributed by atoms with Crippen molar-refractivity contribution < 1.29 is 13.2 Å². The van der Waals surface area contributed by atoms with Crippen LogP contribution in [0.25, 0.3) is 27.9 Å². The molecule has 2 aromatic carbocycles. The number of sulfone groups is 1. The number of carbonyl (C=O) groups excluding carboxylic acids is 1. The second-order valence-corrected chi connectivity index (χ2v) is 8.95. The summed E-state index contributed by atoms with van der Waals surface area (Å²) < 4.78 is 25.4. The minimum Gasteiger partial charge on any atom is -0.368 e. The van der Waals surface area contributed by atoms with Crippen molar-refractivity contribution in [2.24, 2.45) is 5.73 Å². The van der Waals surface area contributed by atoms with E-state index in [0.717, 1.165) is 11.6 Å². The third-order valence-corrected chi connectivity index (χ3v) is 5.86. The summed E-state index contributed by atoms with van der Waals surface area (Å²) >= 11 is 0. The highest BCUT2D eigenvalue weighted by atomic mass is 32.2. The predicted molar refractivity (Wildman–Crippen MR) is 114 cm³/mol. The second kappa shape index (κ2) is 7.38. The minimum absolute atomic E-state index is 0.181. The number of aromatic nitrogens is 4. The molecule has 0 aliphatic rings. The lowest BCUT2D eigenvalue weighted by atomic mass is 10.2. The zero-order valence-corrected chi connectivity index (χ0v) is 17.2. The maximum absolute atomic E-state index is 11.9. The van der Waals surface area contributed by atoms with Gasteiger partial charge in [0.1, 0.15) is 6.04 Å². The molecule has 30 heavy (non-hydrogen) atoms. The van der Waals surface area contributed by atoms with Crippen molar-refractivity contribution in [1.29, 1.82) is 0 Å². The van der Waals surface area contributed by atoms with Gasteiger partial charge in [0.2, 0.25) is 11.9 Å². The van der Waals surface area contributed by atoms with Gasteiger partial charge in [0.05, 0.1) is 10.4 Å². The van der Waals surface area contributed by atoms with E-state index in [2.05, 4.69) is 20.4 Å². The molecule has 10 heteroatoms. The number of hydrogen-bond acceptors (Lipinski definition) is 7. The number of anilines is 1. The molecule has 0 aliphatic heterocycles. The largest absolute Gasteiger partial charge is 0.368 e. The van der Waals surface area contributed by atoms with Gasteiger partial charge in [-0.2, -0.15) is 4.52 Å². The number of fused-ring (bicyclic) bond motifs is 3. The quantitative estimate of drug-likeness (QED) is 0.484. The first kappa shape index (κ1) is 19.8. The third-order valence-electron chi connectivity index (χ3n) is 4.75. The van der Waals surface area contributed by atoms with Crippen LogP contribution in [0.4, 0.5) is 5.95 Å². The summed E-state index contributed by atoms with van der Waals surface area (Å²) in [5.41, 5.74) is 7.23. The topological polar surface area (TPSA) is 132 Å². The van der Waals surface area contributed by atoms with Crippen molar-refractivity contribution >= 4 is 38.2 Å². The van der Waals surface area contributed by atoms with Crippen LogP contribution >= 0.6 is 0 Å². The van der Waals surface area contributed by atoms with Gasteiger partial charge in [-0.15, -0.1) is 5.10 Å². The Hall–Kier alpha value is -3.53. The minimum atomic E-state index is -3.37. The van der Waals surface area contributed by atoms with Crippen LogP contribution in [0.2, 0.25) is 0 Å². The van der Waals surface area contributed by atoms with Crippen LogP contribution in [-0.4, -0.2) is 46.2 Å². The summed E-state index contributed by atoms with van der Waals surface area (Å²) in [5, 5.41) is 8.35. The molecule has 0 aliphatic carbocycles. The maximum atomic E-state index is 11.9. The van der Waals surface area contributed by atoms with Gasteiger partial charge >= 0.3 is 0 Å². The van der Waals surface area contributed by atoms with E-state index in [1.807, 2.05) is 31.2 Å². The maximum Gasteiger partial charge on any atom is 0.239 e. The molecule has 0 radical (unpaired) electrons. The van der Waals surface area contributed by atoms with Gasteiger partial charge in [-0.1, -0.05) is 31.2 Å². The SMILES string of the molecule is CCC(Nc1nc2ccccc2c2nc(-c3cccc(S(C)(=O)=O)c3)nn12)C(N)=O. The first-order valence-electron chi connectivity index (χ1n) is 9.30. The highest BCUT2D eigenvalue weighted by Gasteiger charge is 2.19. The highest BCUT2D eigenvalue weighted by Crippen LogP contribution is 2.25. The molecule has 1 unspecified atom stereocenters. The average Bonchev–Trinajstić information content (AvgIpc) is 3.17. The number of primary amides is 1. The molecule has 0 fully saturated rings. The van der Waals surface area contributed by atoms with Crippen LogP contribution in [0.3, 0.4) is 0 Å². The van der Waals surface area contributed by atoms with Gasteiger partial charge < -0.3 is 11.1 Å². The van der Waals surface area contributed by atoms with Crippen molar-refractivity contribution in [2.45, 2.75) is 24.3 Å². The number of amides is 1. The standard InChI is InChI=1S/C20H20N6O3S/c1-3-15(17(21)27)22-20-23-16-10-5-4-9-14(16)19-24-18(25-26(19)20)12-7-6-8-13(11-12)30(2,28)29/h4-11,15H,3H2,1-2H3,(H2,21,27)(H,22,23). The summed E-state index contributed by atoms with van der Waals surface area (Å²) in [6.45, 7) is 1.84. The van der Waals surface area contributed by atoms with Crippen LogP contribution in [0.5, 0.6) is 0 Å². The number of nitrogens with one attached hydrogen (secondary N) is 1. The Morgan fingerprint density at radius 2 is 1.93 bits per heavy atom. The van der Waals surface area contributed by atoms with Crippen molar-refractivity contribution in [3.8, 4) is 11.4 Å². The Morgan fingerprint density at radius 1 is 1.17 bits per heavy atom. The monoisotopic (exact) mass is 424 g/mol. The van der Waals surface area contributed by atoms with Gasteiger partial charge in [-0.25, -0.2) is 18.4 Å². The fourth-order valence-corrected chi connectivity index (χ4v) is 3.83. The molecular weight excluding hydrogens is 404 g/mol. The summed E-state index contributed by atoms with van der Waals surface area (Å²) in [7, 11) is -3.37. The number of benzene rings is 2. The fourth-order valence-electron chi connectivity index (χ4n) is 3.17. The number of nitrogens with zero attached hydrogens (tertiary/aromatic N) is 4. The molecule has 154 valence electrons. The Labute approximate surface area is 172 Å². The van der Waals surface area contributed by atoms with Crippen LogP contribution in [0.1, 0.15) is 13.3 Å². The van der Waals surface area contributed by atoms with E-state index in [-0.39, 0.29) is 4.90 Å². The summed E-state index contributed by atoms with van der Waals surface area (Å²) in [5.74, 6) is 0.169. The lowest BCUT2D eigenvalue weighted by Crippen LogP contribution is -2.35. The van der Waals surface area contributed by atoms with Gasteiger partial charge in [-0.3, -0.25) is 4.79 Å². The first-order valence-corrected chi connectivity index (χ1v) is 11.2. The van der Waals surface area contributed by atoms with E-state index < -0.39 is 21.8 Å². The molecule has 3 N–H and O–H groups in total. The summed E-state index contributed by atoms with van der Waals surface area (Å²) in [6, 6.07) is 13.3. The molecule has 0 saturated carbocycles. The zero-order valence-electron chi connectivity index (χ0n) is 16.4. The summed E-state index contributed by atoms with van der Waals surface area (Å²) in [6.07, 6.45) is 1.63. The van der Waals surface area contributed by atoms with Crippen LogP contribution in [0, 0.1) is 0 Å². The lowest BCUT2D eigenvalue weighted by molar-refractivity contribution is -0.118. The Balaban J connectivity index is 1.94. The number of rotatable bonds is 6. The highest BCUT2D eigenvalue weighted by molar-refractivity contribution is 7.90. The van der Waals surface area contributed by atoms with Crippen molar-refractivity contribution in [3.05, 3.63) is 48.5 Å². The molecule has 2 aromatic heterocycles. The molecule has 4 rings (SSSR count). The van der Waals surface area contributed by atoms with Crippen molar-refractivity contribution in [3.63, 3.8) is 0 Å². The third kappa shape index (κ3) is 3.57. The van der Waals surface area contributed by atoms with Gasteiger partial charge in [0.25, 0.3) is 0 Å². The molecule has 4 aromatic rings. The molecule has 0 saturated heterocycles. The smallest absolute Gasteiger partial charge is 0.239 e. The average molecular weight is 424 g/mol. The van der Waals surface area contributed by atoms with Crippen LogP contribution < -0.4 is 11.1 Å². The number of para-hydroxylation sites is 1. The number of carbonyl (C=O) groups is 1. The molecular formula is C20H20N6O3S. The van der Waals surface area contributed by atoms with E-state index in [1.54, 1.807) is 12.1 Å². The number of hydrogen-bond donors (Lipinski definition) is 2. The van der Waals surface area contributed by atoms with E-state index in [9.17, 15) is 13.2 Å². The Morgan fingerprint density at radius 3 is 2.63 bits per heavy atom. The van der Waals surface area contributed by atoms with Gasteiger partial charge in [0.15, 0.2) is 21.3 Å². The van der Waals surface area contributed by atoms with Gasteiger partial charge in [0, 0.05) is 17.2 Å². The molecule has 1 atom stereocenters. The predicted octanol–water partition coefficient (Wildman–Crippen LogP) is 2.02. The zero-order chi connectivity index (χ0) is 21.5. The summed E-state index contributed by atoms with van der Waals surface area (Å²) in [4.78, 5) is 21.1. The fraction of sp³-hybridized carbons (Fsp3) is 0.200. The van der Waals surface area contributed by atoms with Crippen LogP contribution in [-0.2, 0) is 14.6 Å². The van der Waals surface area contributed by atoms with Crippen molar-refractivity contribution in [1.82, 2.24) is 19.6 Å². The van der Waals surface area contributed by atoms with E-state index in [4.69, 9.17) is 5.73 Å².